The number of amides is 1. The first kappa shape index (κ1) is 13.6. The van der Waals surface area contributed by atoms with Crippen LogP contribution < -0.4 is 5.32 Å². The predicted octanol–water partition coefficient (Wildman–Crippen LogP) is 3.29. The third kappa shape index (κ3) is 2.45. The number of thiophene rings is 1. The van der Waals surface area contributed by atoms with E-state index >= 15 is 0 Å². The molecule has 0 aliphatic heterocycles. The third-order valence-electron chi connectivity index (χ3n) is 3.56. The van der Waals surface area contributed by atoms with Crippen molar-refractivity contribution in [2.45, 2.75) is 38.1 Å². The molecule has 0 saturated heterocycles. The summed E-state index contributed by atoms with van der Waals surface area (Å²) in [5, 5.41) is 7.08. The maximum Gasteiger partial charge on any atom is 0.262 e. The van der Waals surface area contributed by atoms with Crippen molar-refractivity contribution in [2.75, 3.05) is 0 Å². The molecule has 106 valence electrons. The molecule has 1 fully saturated rings. The number of rotatable bonds is 3. The molecule has 1 aliphatic carbocycles. The highest BCUT2D eigenvalue weighted by atomic mass is 35.5. The molecule has 0 radical (unpaired) electrons. The molecule has 0 aromatic carbocycles. The number of nitrogens with one attached hydrogen (secondary N) is 1. The van der Waals surface area contributed by atoms with E-state index in [1.165, 1.54) is 11.3 Å². The molecule has 1 aliphatic rings. The Balaban J connectivity index is 1.86. The molecule has 20 heavy (non-hydrogen) atoms. The van der Waals surface area contributed by atoms with Crippen LogP contribution in [0.2, 0.25) is 4.34 Å². The highest BCUT2D eigenvalue weighted by Crippen LogP contribution is 2.37. The molecule has 2 heterocycles. The lowest BCUT2D eigenvalue weighted by molar-refractivity contribution is 0.0896. The minimum atomic E-state index is -0.509. The summed E-state index contributed by atoms with van der Waals surface area (Å²) >= 11 is 7.14. The Morgan fingerprint density at radius 1 is 1.45 bits per heavy atom. The highest BCUT2D eigenvalue weighted by Gasteiger charge is 2.41. The van der Waals surface area contributed by atoms with E-state index in [0.717, 1.165) is 25.7 Å². The van der Waals surface area contributed by atoms with Gasteiger partial charge >= 0.3 is 0 Å². The molecule has 0 bridgehead atoms. The standard InChI is InChI=1S/C13H14ClN3O2S/c1-8-15-12(17-19-8)13(6-2-3-7-13)16-11(18)9-4-5-10(14)20-9/h4-5H,2-3,6-7H2,1H3,(H,16,18). The van der Waals surface area contributed by atoms with Gasteiger partial charge in [-0.3, -0.25) is 4.79 Å². The van der Waals surface area contributed by atoms with E-state index in [1.807, 2.05) is 0 Å². The van der Waals surface area contributed by atoms with Gasteiger partial charge < -0.3 is 9.84 Å². The van der Waals surface area contributed by atoms with Gasteiger partial charge in [0.15, 0.2) is 5.82 Å². The van der Waals surface area contributed by atoms with Crippen molar-refractivity contribution in [1.82, 2.24) is 15.5 Å². The van der Waals surface area contributed by atoms with Gasteiger partial charge in [0.1, 0.15) is 5.54 Å². The highest BCUT2D eigenvalue weighted by molar-refractivity contribution is 7.18. The molecule has 7 heteroatoms. The van der Waals surface area contributed by atoms with E-state index in [0.29, 0.717) is 20.9 Å². The van der Waals surface area contributed by atoms with Crippen LogP contribution >= 0.6 is 22.9 Å². The van der Waals surface area contributed by atoms with Gasteiger partial charge in [-0.15, -0.1) is 11.3 Å². The second-order valence-electron chi connectivity index (χ2n) is 4.98. The van der Waals surface area contributed by atoms with Crippen molar-refractivity contribution in [3.8, 4) is 0 Å². The number of carbonyl (C=O) groups excluding carboxylic acids is 1. The van der Waals surface area contributed by atoms with E-state index < -0.39 is 5.54 Å². The molecule has 0 atom stereocenters. The third-order valence-corrected chi connectivity index (χ3v) is 4.79. The van der Waals surface area contributed by atoms with Crippen molar-refractivity contribution >= 4 is 28.8 Å². The van der Waals surface area contributed by atoms with Gasteiger partial charge in [-0.25, -0.2) is 0 Å². The van der Waals surface area contributed by atoms with Crippen molar-refractivity contribution in [3.63, 3.8) is 0 Å². The monoisotopic (exact) mass is 311 g/mol. The van der Waals surface area contributed by atoms with Crippen LogP contribution in [-0.2, 0) is 5.54 Å². The summed E-state index contributed by atoms with van der Waals surface area (Å²) in [6.45, 7) is 1.75. The molecule has 2 aromatic rings. The molecule has 5 nitrogen and oxygen atoms in total. The first-order valence-electron chi connectivity index (χ1n) is 6.48. The Morgan fingerprint density at radius 3 is 2.75 bits per heavy atom. The van der Waals surface area contributed by atoms with E-state index in [4.69, 9.17) is 16.1 Å². The van der Waals surface area contributed by atoms with Crippen LogP contribution in [0.15, 0.2) is 16.7 Å². The van der Waals surface area contributed by atoms with Gasteiger partial charge in [-0.2, -0.15) is 4.98 Å². The molecular weight excluding hydrogens is 298 g/mol. The van der Waals surface area contributed by atoms with Gasteiger partial charge in [0.05, 0.1) is 9.21 Å². The number of aryl methyl sites for hydroxylation is 1. The van der Waals surface area contributed by atoms with Gasteiger partial charge in [-0.1, -0.05) is 29.6 Å². The fourth-order valence-corrected chi connectivity index (χ4v) is 3.53. The molecule has 1 saturated carbocycles. The number of aromatic nitrogens is 2. The second kappa shape index (κ2) is 5.18. The van der Waals surface area contributed by atoms with Gasteiger partial charge in [-0.05, 0) is 25.0 Å². The molecule has 2 aromatic heterocycles. The number of carbonyl (C=O) groups is 1. The quantitative estimate of drug-likeness (QED) is 0.944. The minimum absolute atomic E-state index is 0.133. The van der Waals surface area contributed by atoms with Crippen molar-refractivity contribution in [1.29, 1.82) is 0 Å². The van der Waals surface area contributed by atoms with Gasteiger partial charge in [0.25, 0.3) is 5.91 Å². The second-order valence-corrected chi connectivity index (χ2v) is 6.70. The molecule has 1 N–H and O–H groups in total. The Hall–Kier alpha value is -1.40. The normalized spacial score (nSPS) is 17.3. The number of nitrogens with zero attached hydrogens (tertiary/aromatic N) is 2. The molecular formula is C13H14ClN3O2S. The average molecular weight is 312 g/mol. The maximum atomic E-state index is 12.4. The summed E-state index contributed by atoms with van der Waals surface area (Å²) in [4.78, 5) is 17.3. The fraction of sp³-hybridized carbons (Fsp3) is 0.462. The van der Waals surface area contributed by atoms with Crippen molar-refractivity contribution in [3.05, 3.63) is 33.1 Å². The number of halogens is 1. The Morgan fingerprint density at radius 2 is 2.20 bits per heavy atom. The van der Waals surface area contributed by atoms with Crippen molar-refractivity contribution in [2.24, 2.45) is 0 Å². The Bertz CT molecular complexity index is 631. The lowest BCUT2D eigenvalue weighted by Crippen LogP contribution is -2.44. The van der Waals surface area contributed by atoms with E-state index in [9.17, 15) is 4.79 Å². The predicted molar refractivity (Wildman–Crippen MR) is 76.0 cm³/mol. The molecule has 0 unspecified atom stereocenters. The van der Waals surface area contributed by atoms with Gasteiger partial charge in [0.2, 0.25) is 5.89 Å². The summed E-state index contributed by atoms with van der Waals surface area (Å²) < 4.78 is 5.67. The Labute approximate surface area is 125 Å². The first-order valence-corrected chi connectivity index (χ1v) is 7.67. The van der Waals surface area contributed by atoms with Crippen LogP contribution in [0, 0.1) is 6.92 Å². The van der Waals surface area contributed by atoms with Gasteiger partial charge in [0, 0.05) is 6.92 Å². The maximum absolute atomic E-state index is 12.4. The van der Waals surface area contributed by atoms with Crippen LogP contribution in [-0.4, -0.2) is 16.0 Å². The Kier molecular flexibility index (Phi) is 3.52. The largest absolute Gasteiger partial charge is 0.340 e. The summed E-state index contributed by atoms with van der Waals surface area (Å²) in [6, 6.07) is 3.45. The SMILES string of the molecule is Cc1nc(C2(NC(=O)c3ccc(Cl)s3)CCCC2)no1. The number of hydrogen-bond donors (Lipinski definition) is 1. The smallest absolute Gasteiger partial charge is 0.262 e. The van der Waals surface area contributed by atoms with Crippen LogP contribution in [0.25, 0.3) is 0 Å². The number of hydrogen-bond acceptors (Lipinski definition) is 5. The van der Waals surface area contributed by atoms with Crippen molar-refractivity contribution < 1.29 is 9.32 Å². The van der Waals surface area contributed by atoms with E-state index in [-0.39, 0.29) is 5.91 Å². The van der Waals surface area contributed by atoms with Crippen LogP contribution in [0.3, 0.4) is 0 Å². The average Bonchev–Trinajstić information content (AvgIpc) is 3.10. The minimum Gasteiger partial charge on any atom is -0.340 e. The van der Waals surface area contributed by atoms with Crippen LogP contribution in [0.1, 0.15) is 47.1 Å². The summed E-state index contributed by atoms with van der Waals surface area (Å²) in [5.41, 5.74) is -0.509. The zero-order chi connectivity index (χ0) is 14.2. The van der Waals surface area contributed by atoms with E-state index in [1.54, 1.807) is 19.1 Å². The molecule has 3 rings (SSSR count). The molecule has 0 spiro atoms. The van der Waals surface area contributed by atoms with E-state index in [2.05, 4.69) is 15.5 Å². The summed E-state index contributed by atoms with van der Waals surface area (Å²) in [6.07, 6.45) is 3.74. The lowest BCUT2D eigenvalue weighted by atomic mass is 9.96. The first-order chi connectivity index (χ1) is 9.59. The zero-order valence-electron chi connectivity index (χ0n) is 11.0. The van der Waals surface area contributed by atoms with Crippen LogP contribution in [0.4, 0.5) is 0 Å². The zero-order valence-corrected chi connectivity index (χ0v) is 12.6. The lowest BCUT2D eigenvalue weighted by Gasteiger charge is -2.26. The van der Waals surface area contributed by atoms with Crippen LogP contribution in [0.5, 0.6) is 0 Å². The summed E-state index contributed by atoms with van der Waals surface area (Å²) in [5.74, 6) is 0.953. The topological polar surface area (TPSA) is 68.0 Å². The fourth-order valence-electron chi connectivity index (χ4n) is 2.59. The molecule has 1 amide bonds. The summed E-state index contributed by atoms with van der Waals surface area (Å²) in [7, 11) is 0.